The molecular formula is C14H15N2O6S3-. The first-order valence-electron chi connectivity index (χ1n) is 6.93. The topological polar surface area (TPSA) is 146 Å². The normalized spacial score (nSPS) is 13.5. The third kappa shape index (κ3) is 4.51. The summed E-state index contributed by atoms with van der Waals surface area (Å²) in [5.74, 6) is 0. The lowest BCUT2D eigenvalue weighted by Gasteiger charge is -2.10. The molecule has 0 aliphatic rings. The van der Waals surface area contributed by atoms with E-state index < -0.39 is 30.9 Å². The predicted molar refractivity (Wildman–Crippen MR) is 89.8 cm³/mol. The van der Waals surface area contributed by atoms with Crippen LogP contribution in [-0.4, -0.2) is 38.7 Å². The molecule has 11 heteroatoms. The lowest BCUT2D eigenvalue weighted by Crippen LogP contribution is -2.29. The van der Waals surface area contributed by atoms with Gasteiger partial charge in [-0.1, -0.05) is 12.1 Å². The summed E-state index contributed by atoms with van der Waals surface area (Å²) < 4.78 is 73.8. The molecule has 0 radical (unpaired) electrons. The van der Waals surface area contributed by atoms with Crippen molar-refractivity contribution in [3.05, 3.63) is 48.5 Å². The lowest BCUT2D eigenvalue weighted by molar-refractivity contribution is 0.537. The maximum atomic E-state index is 12.7. The minimum absolute atomic E-state index is 0.0106. The van der Waals surface area contributed by atoms with Crippen LogP contribution in [0.25, 0.3) is 0 Å². The SMILES string of the molecule is NCCNS(=O)(=O)c1cccc(S(=O)(=O)c2cccc(S(=O)[O-])c2)c1. The van der Waals surface area contributed by atoms with Crippen molar-refractivity contribution in [1.29, 1.82) is 0 Å². The fourth-order valence-electron chi connectivity index (χ4n) is 1.97. The molecule has 0 amide bonds. The van der Waals surface area contributed by atoms with Gasteiger partial charge in [0.2, 0.25) is 19.9 Å². The molecule has 2 aromatic rings. The summed E-state index contributed by atoms with van der Waals surface area (Å²) in [6.45, 7) is 0.104. The lowest BCUT2D eigenvalue weighted by atomic mass is 10.4. The van der Waals surface area contributed by atoms with Gasteiger partial charge in [0.15, 0.2) is 0 Å². The molecule has 0 aliphatic heterocycles. The van der Waals surface area contributed by atoms with E-state index in [4.69, 9.17) is 5.73 Å². The second kappa shape index (κ2) is 7.72. The monoisotopic (exact) mass is 403 g/mol. The van der Waals surface area contributed by atoms with E-state index >= 15 is 0 Å². The molecule has 1 atom stereocenters. The van der Waals surface area contributed by atoms with Crippen molar-refractivity contribution < 1.29 is 25.6 Å². The number of hydrogen-bond acceptors (Lipinski definition) is 7. The van der Waals surface area contributed by atoms with Gasteiger partial charge in [-0.15, -0.1) is 0 Å². The molecule has 2 rings (SSSR count). The highest BCUT2D eigenvalue weighted by atomic mass is 32.2. The number of benzene rings is 2. The van der Waals surface area contributed by atoms with Gasteiger partial charge in [0.25, 0.3) is 0 Å². The Hall–Kier alpha value is -1.63. The zero-order chi connectivity index (χ0) is 18.7. The van der Waals surface area contributed by atoms with Gasteiger partial charge in [0.1, 0.15) is 0 Å². The van der Waals surface area contributed by atoms with E-state index in [0.717, 1.165) is 12.1 Å². The summed E-state index contributed by atoms with van der Waals surface area (Å²) in [5, 5.41) is 0. The van der Waals surface area contributed by atoms with Gasteiger partial charge >= 0.3 is 0 Å². The van der Waals surface area contributed by atoms with Crippen LogP contribution in [0, 0.1) is 0 Å². The fraction of sp³-hybridized carbons (Fsp3) is 0.143. The molecule has 1 unspecified atom stereocenters. The van der Waals surface area contributed by atoms with Crippen molar-refractivity contribution >= 4 is 30.9 Å². The second-order valence-electron chi connectivity index (χ2n) is 4.87. The van der Waals surface area contributed by atoms with Crippen molar-refractivity contribution in [2.45, 2.75) is 19.6 Å². The summed E-state index contributed by atoms with van der Waals surface area (Å²) in [5.41, 5.74) is 5.25. The minimum atomic E-state index is -4.09. The zero-order valence-electron chi connectivity index (χ0n) is 12.8. The summed E-state index contributed by atoms with van der Waals surface area (Å²) in [6.07, 6.45) is 0. The quantitative estimate of drug-likeness (QED) is 0.618. The van der Waals surface area contributed by atoms with Crippen LogP contribution in [0.5, 0.6) is 0 Å². The average Bonchev–Trinajstić information content (AvgIpc) is 2.60. The van der Waals surface area contributed by atoms with Crippen LogP contribution in [0.15, 0.2) is 68.1 Å². The molecule has 0 aliphatic carbocycles. The minimum Gasteiger partial charge on any atom is -0.768 e. The van der Waals surface area contributed by atoms with Gasteiger partial charge in [0.05, 0.1) is 14.7 Å². The van der Waals surface area contributed by atoms with Crippen LogP contribution < -0.4 is 10.5 Å². The Labute approximate surface area is 148 Å². The molecule has 2 aromatic carbocycles. The summed E-state index contributed by atoms with van der Waals surface area (Å²) >= 11 is -2.58. The van der Waals surface area contributed by atoms with Gasteiger partial charge in [-0.25, -0.2) is 21.6 Å². The Kier molecular flexibility index (Phi) is 6.08. The van der Waals surface area contributed by atoms with Crippen LogP contribution >= 0.6 is 0 Å². The smallest absolute Gasteiger partial charge is 0.240 e. The number of sulfone groups is 1. The molecule has 0 aromatic heterocycles. The van der Waals surface area contributed by atoms with Gasteiger partial charge in [-0.2, -0.15) is 0 Å². The number of hydrogen-bond donors (Lipinski definition) is 2. The van der Waals surface area contributed by atoms with Crippen molar-refractivity contribution in [2.75, 3.05) is 13.1 Å². The first-order valence-corrected chi connectivity index (χ1v) is 11.0. The Morgan fingerprint density at radius 3 is 2.12 bits per heavy atom. The van der Waals surface area contributed by atoms with E-state index in [2.05, 4.69) is 4.72 Å². The van der Waals surface area contributed by atoms with E-state index in [1.54, 1.807) is 0 Å². The van der Waals surface area contributed by atoms with Crippen molar-refractivity contribution in [3.8, 4) is 0 Å². The van der Waals surface area contributed by atoms with E-state index in [0.29, 0.717) is 0 Å². The largest absolute Gasteiger partial charge is 0.768 e. The molecule has 0 spiro atoms. The molecule has 0 heterocycles. The van der Waals surface area contributed by atoms with Crippen molar-refractivity contribution in [2.24, 2.45) is 5.73 Å². The van der Waals surface area contributed by atoms with Crippen LogP contribution in [0.3, 0.4) is 0 Å². The molecule has 25 heavy (non-hydrogen) atoms. The molecule has 0 saturated carbocycles. The second-order valence-corrected chi connectivity index (χ2v) is 9.53. The van der Waals surface area contributed by atoms with Crippen molar-refractivity contribution in [1.82, 2.24) is 4.72 Å². The molecule has 3 N–H and O–H groups in total. The number of rotatable bonds is 7. The van der Waals surface area contributed by atoms with Crippen LogP contribution in [0.4, 0.5) is 0 Å². The standard InChI is InChI=1S/C14H16N2O6S3/c15-7-8-16-25(21,22)14-6-2-5-13(10-14)24(19,20)12-4-1-3-11(9-12)23(17)18/h1-6,9-10,16H,7-8,15H2,(H,17,18)/p-1. The predicted octanol–water partition coefficient (Wildman–Crippen LogP) is -0.00560. The first-order chi connectivity index (χ1) is 11.7. The fourth-order valence-corrected chi connectivity index (χ4v) is 4.97. The Morgan fingerprint density at radius 1 is 0.960 bits per heavy atom. The van der Waals surface area contributed by atoms with Crippen LogP contribution in [0.2, 0.25) is 0 Å². The van der Waals surface area contributed by atoms with Gasteiger partial charge in [-0.05, 0) is 47.5 Å². The molecule has 0 fully saturated rings. The maximum Gasteiger partial charge on any atom is 0.240 e. The van der Waals surface area contributed by atoms with E-state index in [9.17, 15) is 25.6 Å². The summed E-state index contributed by atoms with van der Waals surface area (Å²) in [7, 11) is -7.99. The van der Waals surface area contributed by atoms with Crippen LogP contribution in [0.1, 0.15) is 0 Å². The highest BCUT2D eigenvalue weighted by Crippen LogP contribution is 2.24. The van der Waals surface area contributed by atoms with E-state index in [1.807, 2.05) is 0 Å². The average molecular weight is 403 g/mol. The molecule has 136 valence electrons. The third-order valence-electron chi connectivity index (χ3n) is 3.17. The zero-order valence-corrected chi connectivity index (χ0v) is 15.2. The van der Waals surface area contributed by atoms with Gasteiger partial charge < -0.3 is 10.3 Å². The highest BCUT2D eigenvalue weighted by molar-refractivity contribution is 7.91. The molecular weight excluding hydrogens is 388 g/mol. The maximum absolute atomic E-state index is 12.7. The highest BCUT2D eigenvalue weighted by Gasteiger charge is 2.21. The Bertz CT molecular complexity index is 1000. The Morgan fingerprint density at radius 2 is 1.52 bits per heavy atom. The number of nitrogens with one attached hydrogen (secondary N) is 1. The van der Waals surface area contributed by atoms with Crippen molar-refractivity contribution in [3.63, 3.8) is 0 Å². The van der Waals surface area contributed by atoms with E-state index in [1.165, 1.54) is 36.4 Å². The van der Waals surface area contributed by atoms with Crippen LogP contribution in [-0.2, 0) is 30.9 Å². The number of sulfonamides is 1. The summed E-state index contributed by atoms with van der Waals surface area (Å²) in [6, 6.07) is 9.57. The summed E-state index contributed by atoms with van der Waals surface area (Å²) in [4.78, 5) is -0.935. The number of nitrogens with two attached hydrogens (primary N) is 1. The third-order valence-corrected chi connectivity index (χ3v) is 7.02. The van der Waals surface area contributed by atoms with Gasteiger partial charge in [0, 0.05) is 18.0 Å². The first kappa shape index (κ1) is 19.7. The van der Waals surface area contributed by atoms with Gasteiger partial charge in [-0.3, -0.25) is 4.21 Å². The Balaban J connectivity index is 2.49. The van der Waals surface area contributed by atoms with E-state index in [-0.39, 0.29) is 32.7 Å². The molecule has 0 bridgehead atoms. The molecule has 8 nitrogen and oxygen atoms in total. The molecule has 0 saturated heterocycles.